The summed E-state index contributed by atoms with van der Waals surface area (Å²) in [5.74, 6) is 0. The zero-order valence-electron chi connectivity index (χ0n) is 16.2. The van der Waals surface area contributed by atoms with Crippen LogP contribution in [0.15, 0.2) is 41.6 Å². The summed E-state index contributed by atoms with van der Waals surface area (Å²) >= 11 is 0. The van der Waals surface area contributed by atoms with Gasteiger partial charge in [-0.05, 0) is 36.6 Å². The molecular weight excluding hydrogens is 577 g/mol. The van der Waals surface area contributed by atoms with E-state index in [4.69, 9.17) is 4.84 Å². The fourth-order valence-electron chi connectivity index (χ4n) is 2.80. The molecule has 27 heavy (non-hydrogen) atoms. The number of aryl methyl sites for hydroxylation is 3. The van der Waals surface area contributed by atoms with Gasteiger partial charge in [0.2, 0.25) is 5.60 Å². The predicted octanol–water partition coefficient (Wildman–Crippen LogP) is 6.02. The van der Waals surface area contributed by atoms with E-state index in [-0.39, 0.29) is 43.1 Å². The van der Waals surface area contributed by atoms with Gasteiger partial charge in [0.05, 0.1) is 5.71 Å². The summed E-state index contributed by atoms with van der Waals surface area (Å²) in [5.41, 5.74) is 1.30. The van der Waals surface area contributed by atoms with E-state index in [2.05, 4.69) is 11.2 Å². The fourth-order valence-corrected chi connectivity index (χ4v) is 2.80. The number of oxime groups is 1. The van der Waals surface area contributed by atoms with Gasteiger partial charge in [-0.2, -0.15) is 43.0 Å². The van der Waals surface area contributed by atoms with E-state index in [1.165, 1.54) is 12.1 Å². The second-order valence-corrected chi connectivity index (χ2v) is 6.23. The summed E-state index contributed by atoms with van der Waals surface area (Å²) in [5, 5.41) is 3.79. The second kappa shape index (κ2) is 9.30. The molecule has 0 fully saturated rings. The van der Waals surface area contributed by atoms with Crippen molar-refractivity contribution in [2.24, 2.45) is 5.16 Å². The summed E-state index contributed by atoms with van der Waals surface area (Å²) in [6.45, 7) is 9.60. The van der Waals surface area contributed by atoms with Crippen molar-refractivity contribution in [1.82, 2.24) is 0 Å². The Hall–Kier alpha value is -1.25. The van der Waals surface area contributed by atoms with E-state index in [1.807, 2.05) is 39.8 Å². The van der Waals surface area contributed by atoms with Gasteiger partial charge in [0.1, 0.15) is 0 Å². The van der Waals surface area contributed by atoms with Crippen LogP contribution in [-0.2, 0) is 10.4 Å². The maximum absolute atomic E-state index is 13.9. The molecule has 1 aliphatic heterocycles. The van der Waals surface area contributed by atoms with E-state index in [0.717, 1.165) is 11.1 Å². The second-order valence-electron chi connectivity index (χ2n) is 6.23. The third-order valence-electron chi connectivity index (χ3n) is 4.43. The molecule has 0 radical (unpaired) electrons. The molecule has 0 aromatic heterocycles. The molecule has 0 aliphatic carbocycles. The van der Waals surface area contributed by atoms with Crippen LogP contribution < -0.4 is 0 Å². The van der Waals surface area contributed by atoms with Crippen LogP contribution in [0.1, 0.15) is 48.1 Å². The van der Waals surface area contributed by atoms with Crippen LogP contribution in [0, 0.1) is 58.0 Å². The van der Waals surface area contributed by atoms with Gasteiger partial charge in [-0.3, -0.25) is 0 Å². The van der Waals surface area contributed by atoms with E-state index in [1.54, 1.807) is 19.1 Å². The third kappa shape index (κ3) is 4.78. The van der Waals surface area contributed by atoms with Crippen molar-refractivity contribution in [2.75, 3.05) is 0 Å². The Balaban J connectivity index is 0.00000118. The molecule has 144 valence electrons. The van der Waals surface area contributed by atoms with E-state index < -0.39 is 11.8 Å². The maximum Gasteiger partial charge on any atom is 0.424 e. The van der Waals surface area contributed by atoms with E-state index in [0.29, 0.717) is 16.8 Å². The largest absolute Gasteiger partial charge is 0.424 e. The molecule has 2 aromatic carbocycles. The molecule has 2 aromatic rings. The molecule has 3 rings (SSSR count). The molecule has 0 saturated heterocycles. The fraction of sp³-hybridized carbons (Fsp3) is 0.381. The zero-order valence-corrected chi connectivity index (χ0v) is 20.3. The van der Waals surface area contributed by atoms with Gasteiger partial charge < -0.3 is 4.84 Å². The van der Waals surface area contributed by atoms with Crippen LogP contribution in [0.4, 0.5) is 13.2 Å². The summed E-state index contributed by atoms with van der Waals surface area (Å²) in [6.07, 6.45) is -4.93. The van der Waals surface area contributed by atoms with Crippen LogP contribution in [0.5, 0.6) is 0 Å². The van der Waals surface area contributed by atoms with Gasteiger partial charge in [0, 0.05) is 37.5 Å². The molecule has 1 unspecified atom stereocenters. The summed E-state index contributed by atoms with van der Waals surface area (Å²) < 4.78 is 41.6. The molecule has 2 nitrogen and oxygen atoms in total. The minimum Gasteiger partial charge on any atom is -0.387 e. The first-order valence-corrected chi connectivity index (χ1v) is 8.60. The van der Waals surface area contributed by atoms with Crippen LogP contribution in [0.2, 0.25) is 0 Å². The van der Waals surface area contributed by atoms with Gasteiger partial charge in [-0.25, -0.2) is 0 Å². The minimum atomic E-state index is -4.58. The Morgan fingerprint density at radius 2 is 1.70 bits per heavy atom. The van der Waals surface area contributed by atoms with Crippen LogP contribution in [-0.4, -0.2) is 11.9 Å². The maximum atomic E-state index is 13.9. The first-order chi connectivity index (χ1) is 12.2. The molecule has 6 heteroatoms. The summed E-state index contributed by atoms with van der Waals surface area (Å²) in [7, 11) is 0. The van der Waals surface area contributed by atoms with Crippen LogP contribution >= 0.6 is 0 Å². The van der Waals surface area contributed by atoms with Gasteiger partial charge in [0.25, 0.3) is 0 Å². The van der Waals surface area contributed by atoms with Crippen molar-refractivity contribution < 1.29 is 49.1 Å². The monoisotopic (exact) mass is 600 g/mol. The number of hydrogen-bond donors (Lipinski definition) is 0. The normalized spacial score (nSPS) is 18.6. The summed E-state index contributed by atoms with van der Waals surface area (Å²) in [6, 6.07) is 12.7. The van der Waals surface area contributed by atoms with Gasteiger partial charge in [-0.15, -0.1) is 5.56 Å². The number of halogens is 3. The van der Waals surface area contributed by atoms with Crippen molar-refractivity contribution in [3.05, 3.63) is 70.3 Å². The number of rotatable bonds is 2. The standard InChI is InChI=1S/C19H17F3NO.C2H6.U/c1-12-5-4-6-16(9-12)18(19(20,21)22)11-17(23-24-18)15-8-7-13(2)14(3)10-15;1-2;/h5-10H,11H2,1-3H3;1-2H3;/q-1;;. The van der Waals surface area contributed by atoms with Crippen LogP contribution in [0.25, 0.3) is 0 Å². The van der Waals surface area contributed by atoms with Crippen molar-refractivity contribution in [2.45, 2.75) is 52.8 Å². The number of nitrogens with zero attached hydrogens (tertiary/aromatic N) is 1. The quantitative estimate of drug-likeness (QED) is 0.387. The van der Waals surface area contributed by atoms with Gasteiger partial charge in [-0.1, -0.05) is 38.1 Å². The predicted molar refractivity (Wildman–Crippen MR) is 97.3 cm³/mol. The number of hydrogen-bond acceptors (Lipinski definition) is 2. The van der Waals surface area contributed by atoms with Gasteiger partial charge in [0.15, 0.2) is 0 Å². The molecule has 0 bridgehead atoms. The zero-order chi connectivity index (χ0) is 19.5. The molecule has 1 atom stereocenters. The number of benzene rings is 2. The minimum absolute atomic E-state index is 0. The Kier molecular flexibility index (Phi) is 8.19. The van der Waals surface area contributed by atoms with Gasteiger partial charge >= 0.3 is 6.18 Å². The van der Waals surface area contributed by atoms with Crippen molar-refractivity contribution in [3.8, 4) is 0 Å². The van der Waals surface area contributed by atoms with Crippen LogP contribution in [0.3, 0.4) is 0 Å². The average molecular weight is 600 g/mol. The Labute approximate surface area is 182 Å². The smallest absolute Gasteiger partial charge is 0.387 e. The first-order valence-electron chi connectivity index (χ1n) is 8.60. The molecule has 1 aliphatic rings. The number of alkyl halides is 3. The molecule has 0 N–H and O–H groups in total. The molecule has 0 spiro atoms. The Morgan fingerprint density at radius 3 is 2.26 bits per heavy atom. The van der Waals surface area contributed by atoms with E-state index >= 15 is 0 Å². The average Bonchev–Trinajstić information content (AvgIpc) is 3.06. The Morgan fingerprint density at radius 1 is 1.04 bits per heavy atom. The summed E-state index contributed by atoms with van der Waals surface area (Å²) in [4.78, 5) is 5.03. The first kappa shape index (κ1) is 23.8. The van der Waals surface area contributed by atoms with Crippen molar-refractivity contribution in [3.63, 3.8) is 0 Å². The molecule has 1 heterocycles. The van der Waals surface area contributed by atoms with E-state index in [9.17, 15) is 13.2 Å². The topological polar surface area (TPSA) is 21.6 Å². The molecule has 0 amide bonds. The van der Waals surface area contributed by atoms with Crippen molar-refractivity contribution in [1.29, 1.82) is 0 Å². The van der Waals surface area contributed by atoms with Crippen molar-refractivity contribution >= 4 is 5.71 Å². The molecular formula is C21H23F3NOU-. The third-order valence-corrected chi connectivity index (χ3v) is 4.43. The Bertz CT molecular complexity index is 817. The SMILES string of the molecule is CC.Cc1c[c-]cc(C2(C(F)(F)F)CC(c3ccc(C)c(C)c3)=NO2)c1.[U]. The molecule has 0 saturated carbocycles.